The van der Waals surface area contributed by atoms with E-state index >= 15 is 0 Å². The molecule has 0 spiro atoms. The summed E-state index contributed by atoms with van der Waals surface area (Å²) in [5, 5.41) is 3.34. The summed E-state index contributed by atoms with van der Waals surface area (Å²) in [7, 11) is 2.02. The standard InChI is InChI=1S/C19H28N2OS.ClH/c1-15-5-7-17(8-6-15)23-19(11-3-4-12-19)18(22)21-13-9-16(20-2)10-14-21;/h5-8,16,20H,3-4,9-14H2,1-2H3;1H. The van der Waals surface area contributed by atoms with Crippen LogP contribution in [0.4, 0.5) is 0 Å². The molecule has 0 unspecified atom stereocenters. The molecule has 1 aromatic carbocycles. The summed E-state index contributed by atoms with van der Waals surface area (Å²) in [5.41, 5.74) is 1.27. The maximum atomic E-state index is 13.3. The fourth-order valence-corrected chi connectivity index (χ4v) is 5.23. The van der Waals surface area contributed by atoms with Crippen LogP contribution in [0.2, 0.25) is 0 Å². The van der Waals surface area contributed by atoms with E-state index in [0.29, 0.717) is 11.9 Å². The number of nitrogens with one attached hydrogen (secondary N) is 1. The number of amides is 1. The number of likely N-dealkylation sites (tertiary alicyclic amines) is 1. The molecule has 3 nitrogen and oxygen atoms in total. The van der Waals surface area contributed by atoms with E-state index in [0.717, 1.165) is 38.8 Å². The average molecular weight is 369 g/mol. The molecule has 1 aliphatic carbocycles. The fourth-order valence-electron chi connectivity index (χ4n) is 3.80. The van der Waals surface area contributed by atoms with E-state index in [9.17, 15) is 4.79 Å². The van der Waals surface area contributed by atoms with Gasteiger partial charge in [0.2, 0.25) is 5.91 Å². The summed E-state index contributed by atoms with van der Waals surface area (Å²) in [5.74, 6) is 0.384. The van der Waals surface area contributed by atoms with Crippen LogP contribution in [0.3, 0.4) is 0 Å². The van der Waals surface area contributed by atoms with Crippen molar-refractivity contribution in [2.45, 2.75) is 61.1 Å². The topological polar surface area (TPSA) is 32.3 Å². The van der Waals surface area contributed by atoms with Crippen molar-refractivity contribution in [3.05, 3.63) is 29.8 Å². The van der Waals surface area contributed by atoms with Crippen LogP contribution in [0.15, 0.2) is 29.2 Å². The predicted molar refractivity (Wildman–Crippen MR) is 104 cm³/mol. The van der Waals surface area contributed by atoms with Gasteiger partial charge in [-0.25, -0.2) is 0 Å². The number of thioether (sulfide) groups is 1. The second kappa shape index (κ2) is 8.59. The Labute approximate surface area is 156 Å². The van der Waals surface area contributed by atoms with Crippen molar-refractivity contribution < 1.29 is 4.79 Å². The zero-order valence-corrected chi connectivity index (χ0v) is 16.3. The highest BCUT2D eigenvalue weighted by Crippen LogP contribution is 2.46. The molecule has 2 aliphatic rings. The average Bonchev–Trinajstić information content (AvgIpc) is 3.06. The highest BCUT2D eigenvalue weighted by atomic mass is 35.5. The lowest BCUT2D eigenvalue weighted by Gasteiger charge is -2.38. The molecule has 0 bridgehead atoms. The molecule has 5 heteroatoms. The molecule has 3 rings (SSSR count). The van der Waals surface area contributed by atoms with Gasteiger partial charge in [-0.15, -0.1) is 24.2 Å². The van der Waals surface area contributed by atoms with Gasteiger partial charge in [0.05, 0.1) is 4.75 Å². The normalized spacial score (nSPS) is 20.7. The summed E-state index contributed by atoms with van der Waals surface area (Å²) in [4.78, 5) is 16.6. The number of benzene rings is 1. The van der Waals surface area contributed by atoms with Crippen LogP contribution in [0.5, 0.6) is 0 Å². The van der Waals surface area contributed by atoms with Crippen molar-refractivity contribution in [2.75, 3.05) is 20.1 Å². The minimum Gasteiger partial charge on any atom is -0.341 e. The van der Waals surface area contributed by atoms with Gasteiger partial charge in [-0.3, -0.25) is 4.79 Å². The number of carbonyl (C=O) groups is 1. The van der Waals surface area contributed by atoms with E-state index in [1.807, 2.05) is 18.8 Å². The maximum absolute atomic E-state index is 13.3. The van der Waals surface area contributed by atoms with Crippen LogP contribution < -0.4 is 5.32 Å². The minimum atomic E-state index is -0.220. The summed E-state index contributed by atoms with van der Waals surface area (Å²) in [6.07, 6.45) is 6.56. The number of rotatable bonds is 4. The van der Waals surface area contributed by atoms with Crippen molar-refractivity contribution in [1.82, 2.24) is 10.2 Å². The summed E-state index contributed by atoms with van der Waals surface area (Å²) < 4.78 is -0.220. The third-order valence-corrected chi connectivity index (χ3v) is 6.81. The zero-order valence-electron chi connectivity index (χ0n) is 14.7. The number of hydrogen-bond acceptors (Lipinski definition) is 3. The van der Waals surface area contributed by atoms with Crippen molar-refractivity contribution in [1.29, 1.82) is 0 Å². The Hall–Kier alpha value is -0.710. The number of nitrogens with zero attached hydrogens (tertiary/aromatic N) is 1. The summed E-state index contributed by atoms with van der Waals surface area (Å²) in [6.45, 7) is 3.91. The molecule has 24 heavy (non-hydrogen) atoms. The Bertz CT molecular complexity index is 535. The molecule has 1 N–H and O–H groups in total. The van der Waals surface area contributed by atoms with Gasteiger partial charge in [-0.05, 0) is 51.8 Å². The fraction of sp³-hybridized carbons (Fsp3) is 0.632. The van der Waals surface area contributed by atoms with E-state index < -0.39 is 0 Å². The SMILES string of the molecule is CNC1CCN(C(=O)C2(Sc3ccc(C)cc3)CCCC2)CC1.Cl. The Kier molecular flexibility index (Phi) is 7.02. The first-order valence-electron chi connectivity index (χ1n) is 8.85. The molecular weight excluding hydrogens is 340 g/mol. The van der Waals surface area contributed by atoms with E-state index in [2.05, 4.69) is 41.4 Å². The lowest BCUT2D eigenvalue weighted by Crippen LogP contribution is -2.50. The second-order valence-electron chi connectivity index (χ2n) is 6.97. The molecule has 0 aromatic heterocycles. The lowest BCUT2D eigenvalue weighted by molar-refractivity contribution is -0.134. The molecule has 1 aromatic rings. The van der Waals surface area contributed by atoms with E-state index in [1.165, 1.54) is 23.3 Å². The van der Waals surface area contributed by atoms with Crippen LogP contribution in [0.25, 0.3) is 0 Å². The molecule has 1 amide bonds. The van der Waals surface area contributed by atoms with Gasteiger partial charge >= 0.3 is 0 Å². The number of carbonyl (C=O) groups excluding carboxylic acids is 1. The van der Waals surface area contributed by atoms with E-state index in [-0.39, 0.29) is 17.2 Å². The van der Waals surface area contributed by atoms with Crippen LogP contribution in [-0.4, -0.2) is 41.7 Å². The highest BCUT2D eigenvalue weighted by Gasteiger charge is 2.45. The van der Waals surface area contributed by atoms with Gasteiger partial charge in [-0.2, -0.15) is 0 Å². The Morgan fingerprint density at radius 1 is 1.17 bits per heavy atom. The molecular formula is C19H29ClN2OS. The summed E-state index contributed by atoms with van der Waals surface area (Å²) >= 11 is 1.81. The zero-order chi connectivity index (χ0) is 16.3. The maximum Gasteiger partial charge on any atom is 0.239 e. The van der Waals surface area contributed by atoms with Gasteiger partial charge in [0.1, 0.15) is 0 Å². The van der Waals surface area contributed by atoms with Gasteiger partial charge in [-0.1, -0.05) is 30.5 Å². The Balaban J connectivity index is 0.00000208. The van der Waals surface area contributed by atoms with Crippen LogP contribution in [0, 0.1) is 6.92 Å². The van der Waals surface area contributed by atoms with Crippen molar-refractivity contribution in [3.63, 3.8) is 0 Å². The Morgan fingerprint density at radius 2 is 1.75 bits per heavy atom. The first-order chi connectivity index (χ1) is 11.1. The number of aryl methyl sites for hydroxylation is 1. The van der Waals surface area contributed by atoms with Crippen LogP contribution in [-0.2, 0) is 4.79 Å². The van der Waals surface area contributed by atoms with Crippen LogP contribution >= 0.6 is 24.2 Å². The molecule has 1 saturated carbocycles. The lowest BCUT2D eigenvalue weighted by atomic mass is 10.0. The molecule has 134 valence electrons. The van der Waals surface area contributed by atoms with Crippen molar-refractivity contribution in [3.8, 4) is 0 Å². The molecule has 0 atom stereocenters. The number of halogens is 1. The Morgan fingerprint density at radius 3 is 2.29 bits per heavy atom. The molecule has 1 heterocycles. The third kappa shape index (κ3) is 4.27. The van der Waals surface area contributed by atoms with Crippen molar-refractivity contribution in [2.24, 2.45) is 0 Å². The quantitative estimate of drug-likeness (QED) is 0.870. The van der Waals surface area contributed by atoms with E-state index in [1.54, 1.807) is 0 Å². The molecule has 0 radical (unpaired) electrons. The van der Waals surface area contributed by atoms with Gasteiger partial charge in [0, 0.05) is 24.0 Å². The van der Waals surface area contributed by atoms with Gasteiger partial charge in [0.15, 0.2) is 0 Å². The molecule has 1 saturated heterocycles. The van der Waals surface area contributed by atoms with Crippen molar-refractivity contribution >= 4 is 30.1 Å². The largest absolute Gasteiger partial charge is 0.341 e. The minimum absolute atomic E-state index is 0. The molecule has 1 aliphatic heterocycles. The highest BCUT2D eigenvalue weighted by molar-refractivity contribution is 8.01. The smallest absolute Gasteiger partial charge is 0.239 e. The second-order valence-corrected chi connectivity index (χ2v) is 8.43. The number of hydrogen-bond donors (Lipinski definition) is 1. The summed E-state index contributed by atoms with van der Waals surface area (Å²) in [6, 6.07) is 9.20. The van der Waals surface area contributed by atoms with Gasteiger partial charge < -0.3 is 10.2 Å². The molecule has 2 fully saturated rings. The third-order valence-electron chi connectivity index (χ3n) is 5.33. The van der Waals surface area contributed by atoms with Crippen LogP contribution in [0.1, 0.15) is 44.1 Å². The number of piperidine rings is 1. The monoisotopic (exact) mass is 368 g/mol. The van der Waals surface area contributed by atoms with Gasteiger partial charge in [0.25, 0.3) is 0 Å². The predicted octanol–water partition coefficient (Wildman–Crippen LogP) is 4.03. The first kappa shape index (κ1) is 19.6. The first-order valence-corrected chi connectivity index (χ1v) is 9.67. The van der Waals surface area contributed by atoms with E-state index in [4.69, 9.17) is 0 Å².